The molecule has 0 fully saturated rings. The van der Waals surface area contributed by atoms with E-state index >= 15 is 0 Å². The Kier molecular flexibility index (Phi) is 5.42. The van der Waals surface area contributed by atoms with E-state index in [1.165, 1.54) is 0 Å². The number of benzene rings is 1. The number of hydrogen-bond donors (Lipinski definition) is 0. The summed E-state index contributed by atoms with van der Waals surface area (Å²) >= 11 is 6.39. The topological polar surface area (TPSA) is 59.2 Å². The van der Waals surface area contributed by atoms with Gasteiger partial charge in [0.05, 0.1) is 0 Å². The number of rotatable bonds is 5. The maximum absolute atomic E-state index is 12.9. The quantitative estimate of drug-likeness (QED) is 0.779. The lowest BCUT2D eigenvalue weighted by Gasteiger charge is -2.30. The molecule has 1 aromatic heterocycles. The zero-order valence-corrected chi connectivity index (χ0v) is 14.7. The average molecular weight is 336 g/mol. The predicted octanol–water partition coefficient (Wildman–Crippen LogP) is 3.82. The first-order valence-electron chi connectivity index (χ1n) is 7.64. The molecule has 0 aliphatic rings. The molecule has 0 bridgehead atoms. The van der Waals surface area contributed by atoms with Gasteiger partial charge in [-0.05, 0) is 17.5 Å². The minimum Gasteiger partial charge on any atom is -0.423 e. The van der Waals surface area contributed by atoms with Crippen molar-refractivity contribution in [1.82, 2.24) is 10.2 Å². The molecule has 0 spiro atoms. The second-order valence-electron chi connectivity index (χ2n) is 6.43. The highest BCUT2D eigenvalue weighted by Crippen LogP contribution is 2.29. The average Bonchev–Trinajstić information content (AvgIpc) is 2.99. The number of halogens is 1. The van der Waals surface area contributed by atoms with Crippen molar-refractivity contribution in [3.8, 4) is 0 Å². The van der Waals surface area contributed by atoms with Gasteiger partial charge in [-0.2, -0.15) is 0 Å². The molecule has 2 rings (SSSR count). The van der Waals surface area contributed by atoms with Crippen molar-refractivity contribution >= 4 is 23.2 Å². The van der Waals surface area contributed by atoms with Crippen molar-refractivity contribution in [1.29, 1.82) is 0 Å². The zero-order valence-electron chi connectivity index (χ0n) is 13.9. The summed E-state index contributed by atoms with van der Waals surface area (Å²) < 4.78 is 5.54. The van der Waals surface area contributed by atoms with Crippen LogP contribution in [-0.2, 0) is 17.8 Å². The van der Waals surface area contributed by atoms with Gasteiger partial charge < -0.3 is 9.32 Å². The molecule has 0 aliphatic carbocycles. The van der Waals surface area contributed by atoms with Gasteiger partial charge in [0, 0.05) is 12.1 Å². The van der Waals surface area contributed by atoms with E-state index in [2.05, 4.69) is 10.2 Å². The van der Waals surface area contributed by atoms with E-state index in [9.17, 15) is 4.79 Å². The normalized spacial score (nSPS) is 12.9. The van der Waals surface area contributed by atoms with Gasteiger partial charge in [-0.3, -0.25) is 4.79 Å². The van der Waals surface area contributed by atoms with E-state index in [1.54, 1.807) is 4.90 Å². The van der Waals surface area contributed by atoms with Crippen LogP contribution in [-0.4, -0.2) is 21.5 Å². The number of carbonyl (C=O) groups excluding carboxylic acids is 1. The summed E-state index contributed by atoms with van der Waals surface area (Å²) in [5, 5.41) is 7.29. The maximum Gasteiger partial charge on any atom is 0.246 e. The summed E-state index contributed by atoms with van der Waals surface area (Å²) in [6, 6.07) is 9.38. The summed E-state index contributed by atoms with van der Waals surface area (Å²) in [4.78, 5) is 14.5. The van der Waals surface area contributed by atoms with Crippen LogP contribution in [0.3, 0.4) is 0 Å². The van der Waals surface area contributed by atoms with Gasteiger partial charge in [0.2, 0.25) is 17.7 Å². The number of para-hydroxylation sites is 1. The molecular weight excluding hydrogens is 314 g/mol. The van der Waals surface area contributed by atoms with E-state index in [4.69, 9.17) is 16.0 Å². The van der Waals surface area contributed by atoms with Crippen LogP contribution in [0.2, 0.25) is 0 Å². The molecule has 1 atom stereocenters. The number of aromatic nitrogens is 2. The van der Waals surface area contributed by atoms with Crippen LogP contribution in [0.1, 0.15) is 39.5 Å². The van der Waals surface area contributed by atoms with Crippen molar-refractivity contribution in [3.63, 3.8) is 0 Å². The third-order valence-corrected chi connectivity index (χ3v) is 4.26. The Morgan fingerprint density at radius 2 is 1.83 bits per heavy atom. The van der Waals surface area contributed by atoms with Crippen LogP contribution in [0, 0.1) is 5.41 Å². The molecule has 23 heavy (non-hydrogen) atoms. The molecule has 1 aromatic carbocycles. The predicted molar refractivity (Wildman–Crippen MR) is 90.4 cm³/mol. The highest BCUT2D eigenvalue weighted by molar-refractivity contribution is 6.33. The molecule has 1 unspecified atom stereocenters. The number of anilines is 1. The first kappa shape index (κ1) is 17.5. The molecule has 0 saturated carbocycles. The molecule has 6 heteroatoms. The SMILES string of the molecule is CCc1nnc(CN(C(=O)C(Cl)C(C)(C)C)c2ccccc2)o1. The van der Waals surface area contributed by atoms with Gasteiger partial charge in [0.25, 0.3) is 0 Å². The largest absolute Gasteiger partial charge is 0.423 e. The molecular formula is C17H22ClN3O2. The van der Waals surface area contributed by atoms with Gasteiger partial charge in [-0.15, -0.1) is 21.8 Å². The van der Waals surface area contributed by atoms with Crippen molar-refractivity contribution in [3.05, 3.63) is 42.1 Å². The first-order valence-corrected chi connectivity index (χ1v) is 8.08. The molecule has 124 valence electrons. The molecule has 0 N–H and O–H groups in total. The van der Waals surface area contributed by atoms with E-state index in [-0.39, 0.29) is 17.9 Å². The minimum atomic E-state index is -0.656. The van der Waals surface area contributed by atoms with Gasteiger partial charge in [-0.25, -0.2) is 0 Å². The first-order chi connectivity index (χ1) is 10.8. The molecule has 1 amide bonds. The number of carbonyl (C=O) groups is 1. The number of amides is 1. The third kappa shape index (κ3) is 4.32. The van der Waals surface area contributed by atoms with Gasteiger partial charge >= 0.3 is 0 Å². The molecule has 1 heterocycles. The van der Waals surface area contributed by atoms with Crippen molar-refractivity contribution in [2.45, 2.75) is 46.0 Å². The Morgan fingerprint density at radius 3 is 2.35 bits per heavy atom. The minimum absolute atomic E-state index is 0.179. The van der Waals surface area contributed by atoms with E-state index in [0.717, 1.165) is 5.69 Å². The lowest BCUT2D eigenvalue weighted by molar-refractivity contribution is -0.120. The molecule has 2 aromatic rings. The molecule has 5 nitrogen and oxygen atoms in total. The maximum atomic E-state index is 12.9. The smallest absolute Gasteiger partial charge is 0.246 e. The molecule has 0 radical (unpaired) electrons. The van der Waals surface area contributed by atoms with Crippen LogP contribution in [0.4, 0.5) is 5.69 Å². The summed E-state index contributed by atoms with van der Waals surface area (Å²) in [7, 11) is 0. The number of aryl methyl sites for hydroxylation is 1. The van der Waals surface area contributed by atoms with E-state index < -0.39 is 5.38 Å². The van der Waals surface area contributed by atoms with Crippen LogP contribution < -0.4 is 4.90 Å². The van der Waals surface area contributed by atoms with Crippen LogP contribution in [0.5, 0.6) is 0 Å². The second-order valence-corrected chi connectivity index (χ2v) is 6.87. The van der Waals surface area contributed by atoms with Crippen molar-refractivity contribution in [2.75, 3.05) is 4.90 Å². The van der Waals surface area contributed by atoms with Gasteiger partial charge in [0.15, 0.2) is 0 Å². The Bertz CT molecular complexity index is 649. The van der Waals surface area contributed by atoms with Crippen LogP contribution in [0.15, 0.2) is 34.7 Å². The summed E-state index contributed by atoms with van der Waals surface area (Å²) in [5.41, 5.74) is 0.401. The molecule has 0 aliphatic heterocycles. The fourth-order valence-corrected chi connectivity index (χ4v) is 2.16. The lowest BCUT2D eigenvalue weighted by atomic mass is 9.91. The van der Waals surface area contributed by atoms with Gasteiger partial charge in [-0.1, -0.05) is 45.9 Å². The van der Waals surface area contributed by atoms with Crippen LogP contribution in [0.25, 0.3) is 0 Å². The fourth-order valence-electron chi connectivity index (χ4n) is 2.04. The highest BCUT2D eigenvalue weighted by atomic mass is 35.5. The number of alkyl halides is 1. The Hall–Kier alpha value is -1.88. The number of nitrogens with zero attached hydrogens (tertiary/aromatic N) is 3. The standard InChI is InChI=1S/C17H22ClN3O2/c1-5-13-19-20-14(23-13)11-21(12-9-7-6-8-10-12)16(22)15(18)17(2,3)4/h6-10,15H,5,11H2,1-4H3. The fraction of sp³-hybridized carbons (Fsp3) is 0.471. The lowest BCUT2D eigenvalue weighted by Crippen LogP contribution is -2.42. The Balaban J connectivity index is 2.30. The monoisotopic (exact) mass is 335 g/mol. The third-order valence-electron chi connectivity index (χ3n) is 3.42. The van der Waals surface area contributed by atoms with E-state index in [0.29, 0.717) is 18.2 Å². The highest BCUT2D eigenvalue weighted by Gasteiger charge is 2.34. The summed E-state index contributed by atoms with van der Waals surface area (Å²) in [6.07, 6.45) is 0.659. The Labute approximate surface area is 141 Å². The zero-order chi connectivity index (χ0) is 17.0. The summed E-state index contributed by atoms with van der Waals surface area (Å²) in [5.74, 6) is 0.775. The summed E-state index contributed by atoms with van der Waals surface area (Å²) in [6.45, 7) is 7.95. The van der Waals surface area contributed by atoms with Gasteiger partial charge in [0.1, 0.15) is 11.9 Å². The van der Waals surface area contributed by atoms with E-state index in [1.807, 2.05) is 58.0 Å². The Morgan fingerprint density at radius 1 is 1.22 bits per heavy atom. The van der Waals surface area contributed by atoms with Crippen LogP contribution >= 0.6 is 11.6 Å². The van der Waals surface area contributed by atoms with Crippen molar-refractivity contribution in [2.24, 2.45) is 5.41 Å². The number of hydrogen-bond acceptors (Lipinski definition) is 4. The molecule has 0 saturated heterocycles. The second kappa shape index (κ2) is 7.13. The van der Waals surface area contributed by atoms with Crippen molar-refractivity contribution < 1.29 is 9.21 Å².